The Labute approximate surface area is 115 Å². The van der Waals surface area contributed by atoms with Crippen LogP contribution in [0.25, 0.3) is 0 Å². The molecule has 0 fully saturated rings. The molecule has 2 rings (SSSR count). The average molecular weight is 279 g/mol. The van der Waals surface area contributed by atoms with Gasteiger partial charge in [-0.3, -0.25) is 0 Å². The quantitative estimate of drug-likeness (QED) is 0.815. The zero-order chi connectivity index (χ0) is 14.7. The standard InChI is InChI=1S/C12H17N5O3/c1-4-9-10(11(19)20-16-9)14-15-12-13-7(2)8(3)17(12)5-6-18/h18-19H,4-6H2,1-3H3. The van der Waals surface area contributed by atoms with Gasteiger partial charge in [0.2, 0.25) is 5.95 Å². The summed E-state index contributed by atoms with van der Waals surface area (Å²) in [6.45, 7) is 5.99. The van der Waals surface area contributed by atoms with Crippen molar-refractivity contribution in [1.82, 2.24) is 14.7 Å². The van der Waals surface area contributed by atoms with Crippen molar-refractivity contribution in [3.05, 3.63) is 17.1 Å². The van der Waals surface area contributed by atoms with E-state index in [-0.39, 0.29) is 18.2 Å². The lowest BCUT2D eigenvalue weighted by Crippen LogP contribution is -2.03. The van der Waals surface area contributed by atoms with Crippen molar-refractivity contribution in [3.8, 4) is 5.95 Å². The Bertz CT molecular complexity index is 629. The fourth-order valence-electron chi connectivity index (χ4n) is 1.82. The van der Waals surface area contributed by atoms with E-state index in [1.807, 2.05) is 20.8 Å². The van der Waals surface area contributed by atoms with Crippen LogP contribution < -0.4 is 0 Å². The molecule has 0 saturated heterocycles. The van der Waals surface area contributed by atoms with Crippen molar-refractivity contribution in [2.45, 2.75) is 33.7 Å². The maximum atomic E-state index is 9.52. The van der Waals surface area contributed by atoms with Gasteiger partial charge in [-0.2, -0.15) is 0 Å². The van der Waals surface area contributed by atoms with Crippen LogP contribution in [-0.2, 0) is 13.0 Å². The average Bonchev–Trinajstić information content (AvgIpc) is 2.91. The van der Waals surface area contributed by atoms with E-state index in [9.17, 15) is 5.11 Å². The Morgan fingerprint density at radius 2 is 2.05 bits per heavy atom. The van der Waals surface area contributed by atoms with E-state index in [0.717, 1.165) is 11.4 Å². The van der Waals surface area contributed by atoms with E-state index in [1.54, 1.807) is 4.57 Å². The molecule has 8 heteroatoms. The van der Waals surface area contributed by atoms with Crippen molar-refractivity contribution in [2.24, 2.45) is 10.2 Å². The van der Waals surface area contributed by atoms with E-state index >= 15 is 0 Å². The predicted molar refractivity (Wildman–Crippen MR) is 70.5 cm³/mol. The number of aryl methyl sites for hydroxylation is 2. The number of hydrogen-bond acceptors (Lipinski definition) is 7. The highest BCUT2D eigenvalue weighted by molar-refractivity contribution is 5.48. The molecular weight excluding hydrogens is 262 g/mol. The fourth-order valence-corrected chi connectivity index (χ4v) is 1.82. The third-order valence-electron chi connectivity index (χ3n) is 3.05. The van der Waals surface area contributed by atoms with Gasteiger partial charge < -0.3 is 19.3 Å². The molecule has 0 radical (unpaired) electrons. The number of aromatic nitrogens is 3. The number of azo groups is 1. The van der Waals surface area contributed by atoms with Crippen LogP contribution in [-0.4, -0.2) is 31.5 Å². The van der Waals surface area contributed by atoms with Crippen molar-refractivity contribution in [1.29, 1.82) is 0 Å². The second-order valence-electron chi connectivity index (χ2n) is 4.29. The SMILES string of the molecule is CCc1noc(O)c1N=Nc1nc(C)c(C)n1CCO. The van der Waals surface area contributed by atoms with Gasteiger partial charge in [-0.15, -0.1) is 10.2 Å². The zero-order valence-electron chi connectivity index (χ0n) is 11.7. The normalized spacial score (nSPS) is 11.6. The topological polar surface area (TPSA) is 109 Å². The minimum atomic E-state index is -0.362. The van der Waals surface area contributed by atoms with Gasteiger partial charge in [0.05, 0.1) is 12.3 Å². The van der Waals surface area contributed by atoms with Gasteiger partial charge in [0.1, 0.15) is 5.69 Å². The molecule has 0 aromatic carbocycles. The van der Waals surface area contributed by atoms with Crippen LogP contribution >= 0.6 is 0 Å². The molecule has 2 aromatic rings. The molecule has 0 saturated carbocycles. The number of rotatable bonds is 5. The van der Waals surface area contributed by atoms with Crippen LogP contribution in [0, 0.1) is 13.8 Å². The maximum absolute atomic E-state index is 9.52. The molecule has 0 unspecified atom stereocenters. The predicted octanol–water partition coefficient (Wildman–Crippen LogP) is 2.16. The number of nitrogens with zero attached hydrogens (tertiary/aromatic N) is 5. The molecule has 0 aliphatic rings. The smallest absolute Gasteiger partial charge is 0.337 e. The van der Waals surface area contributed by atoms with Gasteiger partial charge in [0, 0.05) is 12.2 Å². The zero-order valence-corrected chi connectivity index (χ0v) is 11.7. The third-order valence-corrected chi connectivity index (χ3v) is 3.05. The first-order chi connectivity index (χ1) is 9.58. The van der Waals surface area contributed by atoms with E-state index in [0.29, 0.717) is 24.6 Å². The Morgan fingerprint density at radius 3 is 2.70 bits per heavy atom. The number of aromatic hydroxyl groups is 1. The molecule has 0 aliphatic carbocycles. The van der Waals surface area contributed by atoms with Crippen molar-refractivity contribution in [2.75, 3.05) is 6.61 Å². The van der Waals surface area contributed by atoms with Crippen LogP contribution in [0.15, 0.2) is 14.8 Å². The summed E-state index contributed by atoms with van der Waals surface area (Å²) in [5, 5.41) is 30.3. The van der Waals surface area contributed by atoms with Crippen LogP contribution in [0.5, 0.6) is 5.95 Å². The summed E-state index contributed by atoms with van der Waals surface area (Å²) in [4.78, 5) is 4.27. The first kappa shape index (κ1) is 14.2. The molecule has 108 valence electrons. The lowest BCUT2D eigenvalue weighted by molar-refractivity contribution is 0.275. The number of imidazole rings is 1. The first-order valence-electron chi connectivity index (χ1n) is 6.32. The molecule has 0 amide bonds. The lowest BCUT2D eigenvalue weighted by Gasteiger charge is -2.03. The molecule has 2 N–H and O–H groups in total. The lowest BCUT2D eigenvalue weighted by atomic mass is 10.3. The fraction of sp³-hybridized carbons (Fsp3) is 0.500. The van der Waals surface area contributed by atoms with Gasteiger partial charge in [-0.25, -0.2) is 4.98 Å². The summed E-state index contributed by atoms with van der Waals surface area (Å²) in [7, 11) is 0. The molecule has 0 spiro atoms. The minimum Gasteiger partial charge on any atom is -0.478 e. The van der Waals surface area contributed by atoms with E-state index in [4.69, 9.17) is 5.11 Å². The Hall–Kier alpha value is -2.22. The second kappa shape index (κ2) is 5.83. The summed E-state index contributed by atoms with van der Waals surface area (Å²) >= 11 is 0. The van der Waals surface area contributed by atoms with E-state index in [1.165, 1.54) is 0 Å². The Morgan fingerprint density at radius 1 is 1.30 bits per heavy atom. The Balaban J connectivity index is 2.36. The van der Waals surface area contributed by atoms with Crippen molar-refractivity contribution < 1.29 is 14.7 Å². The van der Waals surface area contributed by atoms with Gasteiger partial charge in [0.25, 0.3) is 0 Å². The van der Waals surface area contributed by atoms with Gasteiger partial charge >= 0.3 is 5.95 Å². The first-order valence-corrected chi connectivity index (χ1v) is 6.32. The summed E-state index contributed by atoms with van der Waals surface area (Å²) < 4.78 is 6.43. The van der Waals surface area contributed by atoms with E-state index < -0.39 is 0 Å². The number of aliphatic hydroxyl groups is 1. The van der Waals surface area contributed by atoms with E-state index in [2.05, 4.69) is 24.9 Å². The van der Waals surface area contributed by atoms with Gasteiger partial charge in [-0.1, -0.05) is 12.1 Å². The number of hydrogen-bond donors (Lipinski definition) is 2. The highest BCUT2D eigenvalue weighted by Gasteiger charge is 2.15. The van der Waals surface area contributed by atoms with Crippen LogP contribution in [0.1, 0.15) is 24.0 Å². The molecule has 2 aromatic heterocycles. The third kappa shape index (κ3) is 2.55. The molecule has 20 heavy (non-hydrogen) atoms. The van der Waals surface area contributed by atoms with Gasteiger partial charge in [-0.05, 0) is 20.3 Å². The summed E-state index contributed by atoms with van der Waals surface area (Å²) in [6.07, 6.45) is 0.571. The van der Waals surface area contributed by atoms with Crippen LogP contribution in [0.3, 0.4) is 0 Å². The Kier molecular flexibility index (Phi) is 4.14. The molecule has 0 bridgehead atoms. The minimum absolute atomic E-state index is 0.0160. The van der Waals surface area contributed by atoms with Crippen molar-refractivity contribution >= 4 is 11.6 Å². The summed E-state index contributed by atoms with van der Waals surface area (Å²) in [5.74, 6) is 0.0102. The highest BCUT2D eigenvalue weighted by Crippen LogP contribution is 2.32. The summed E-state index contributed by atoms with van der Waals surface area (Å²) in [5.41, 5.74) is 2.47. The highest BCUT2D eigenvalue weighted by atomic mass is 16.5. The molecule has 2 heterocycles. The second-order valence-corrected chi connectivity index (χ2v) is 4.29. The molecule has 0 atom stereocenters. The monoisotopic (exact) mass is 279 g/mol. The summed E-state index contributed by atoms with van der Waals surface area (Å²) in [6, 6.07) is 0. The van der Waals surface area contributed by atoms with Crippen LogP contribution in [0.2, 0.25) is 0 Å². The molecule has 0 aliphatic heterocycles. The maximum Gasteiger partial charge on any atom is 0.337 e. The van der Waals surface area contributed by atoms with Gasteiger partial charge in [0.15, 0.2) is 5.69 Å². The largest absolute Gasteiger partial charge is 0.478 e. The molecular formula is C12H17N5O3. The number of aliphatic hydroxyl groups excluding tert-OH is 1. The van der Waals surface area contributed by atoms with Crippen molar-refractivity contribution in [3.63, 3.8) is 0 Å². The van der Waals surface area contributed by atoms with Crippen LogP contribution in [0.4, 0.5) is 11.6 Å². The molecule has 8 nitrogen and oxygen atoms in total.